The van der Waals surface area contributed by atoms with E-state index in [1.807, 2.05) is 31.2 Å². The van der Waals surface area contributed by atoms with Crippen molar-refractivity contribution in [2.75, 3.05) is 19.4 Å². The first-order valence-electron chi connectivity index (χ1n) is 10.5. The summed E-state index contributed by atoms with van der Waals surface area (Å²) in [5, 5.41) is 0. The molecule has 2 amide bonds. The molecule has 1 aliphatic heterocycles. The normalized spacial score (nSPS) is 14.3. The molecule has 4 nitrogen and oxygen atoms in total. The Balaban J connectivity index is 2.00. The third-order valence-electron chi connectivity index (χ3n) is 5.03. The number of para-hydroxylation sites is 1. The number of benzene rings is 1. The monoisotopic (exact) mass is 403 g/mol. The van der Waals surface area contributed by atoms with Crippen LogP contribution in [0.3, 0.4) is 0 Å². The van der Waals surface area contributed by atoms with Gasteiger partial charge in [-0.05, 0) is 18.2 Å². The number of carbonyl (C=O) groups excluding carboxylic acids is 2. The van der Waals surface area contributed by atoms with Gasteiger partial charge in [-0.3, -0.25) is 14.5 Å². The summed E-state index contributed by atoms with van der Waals surface area (Å²) in [5.74, 6) is 1.04. The van der Waals surface area contributed by atoms with Crippen LogP contribution in [-0.4, -0.2) is 36.1 Å². The second-order valence-electron chi connectivity index (χ2n) is 7.07. The highest BCUT2D eigenvalue weighted by molar-refractivity contribution is 8.04. The van der Waals surface area contributed by atoms with Crippen molar-refractivity contribution >= 4 is 29.1 Å². The second-order valence-corrected chi connectivity index (χ2v) is 8.35. The van der Waals surface area contributed by atoms with Crippen LogP contribution in [0.4, 0.5) is 0 Å². The van der Waals surface area contributed by atoms with Gasteiger partial charge in [0, 0.05) is 12.1 Å². The number of hydrogen-bond acceptors (Lipinski definition) is 4. The van der Waals surface area contributed by atoms with Gasteiger partial charge in [0.25, 0.3) is 11.8 Å². The van der Waals surface area contributed by atoms with Crippen LogP contribution in [0.5, 0.6) is 5.75 Å². The number of unbranched alkanes of at least 4 members (excludes halogenated alkanes) is 7. The van der Waals surface area contributed by atoms with E-state index in [4.69, 9.17) is 4.74 Å². The smallest absolute Gasteiger partial charge is 0.267 e. The van der Waals surface area contributed by atoms with Gasteiger partial charge in [0.2, 0.25) is 0 Å². The molecule has 0 saturated carbocycles. The highest BCUT2D eigenvalue weighted by Crippen LogP contribution is 2.39. The van der Waals surface area contributed by atoms with Gasteiger partial charge < -0.3 is 4.74 Å². The van der Waals surface area contributed by atoms with E-state index in [9.17, 15) is 9.59 Å². The number of hydrogen-bond donors (Lipinski definition) is 0. The van der Waals surface area contributed by atoms with Gasteiger partial charge in [-0.25, -0.2) is 0 Å². The van der Waals surface area contributed by atoms with E-state index in [2.05, 4.69) is 6.92 Å². The first kappa shape index (κ1) is 22.5. The summed E-state index contributed by atoms with van der Waals surface area (Å²) in [7, 11) is 1.59. The molecule has 0 saturated heterocycles. The highest BCUT2D eigenvalue weighted by Gasteiger charge is 2.39. The zero-order valence-corrected chi connectivity index (χ0v) is 18.3. The van der Waals surface area contributed by atoms with Crippen molar-refractivity contribution in [2.24, 2.45) is 0 Å². The van der Waals surface area contributed by atoms with E-state index in [1.54, 1.807) is 7.11 Å². The minimum absolute atomic E-state index is 0.152. The third kappa shape index (κ3) is 5.63. The predicted octanol–water partition coefficient (Wildman–Crippen LogP) is 5.67. The summed E-state index contributed by atoms with van der Waals surface area (Å²) in [6.45, 7) is 4.72. The van der Waals surface area contributed by atoms with Crippen molar-refractivity contribution in [2.45, 2.75) is 65.2 Å². The van der Waals surface area contributed by atoms with Crippen LogP contribution < -0.4 is 4.74 Å². The fourth-order valence-electron chi connectivity index (χ4n) is 3.53. The number of ether oxygens (including phenoxy) is 1. The molecule has 0 fully saturated rings. The molecule has 1 aliphatic rings. The molecule has 0 bridgehead atoms. The molecule has 28 heavy (non-hydrogen) atoms. The van der Waals surface area contributed by atoms with Crippen LogP contribution >= 0.6 is 11.8 Å². The topological polar surface area (TPSA) is 46.6 Å². The Kier molecular flexibility index (Phi) is 9.62. The van der Waals surface area contributed by atoms with E-state index in [0.717, 1.165) is 18.6 Å². The quantitative estimate of drug-likeness (QED) is 0.314. The fourth-order valence-corrected chi connectivity index (χ4v) is 4.39. The molecule has 0 unspecified atom stereocenters. The molecule has 0 aliphatic carbocycles. The first-order valence-corrected chi connectivity index (χ1v) is 11.5. The molecule has 2 rings (SSSR count). The largest absolute Gasteiger partial charge is 0.496 e. The number of carbonyl (C=O) groups is 2. The first-order chi connectivity index (χ1) is 13.7. The van der Waals surface area contributed by atoms with Gasteiger partial charge in [-0.1, -0.05) is 77.0 Å². The minimum atomic E-state index is -0.187. The number of imide groups is 1. The summed E-state index contributed by atoms with van der Waals surface area (Å²) >= 11 is 1.44. The third-order valence-corrected chi connectivity index (χ3v) is 5.98. The standard InChI is InChI=1S/C23H33NO3S/c1-4-6-7-8-9-10-11-14-17-24-22(25)20(21(23(24)26)28-5-2)18-15-12-13-16-19(18)27-3/h12-13,15-16H,4-11,14,17H2,1-3H3. The van der Waals surface area contributed by atoms with Crippen LogP contribution in [0, 0.1) is 0 Å². The molecule has 154 valence electrons. The molecule has 0 atom stereocenters. The van der Waals surface area contributed by atoms with Crippen molar-refractivity contribution < 1.29 is 14.3 Å². The van der Waals surface area contributed by atoms with E-state index >= 15 is 0 Å². The Labute approximate surface area is 173 Å². The summed E-state index contributed by atoms with van der Waals surface area (Å²) in [6, 6.07) is 7.43. The van der Waals surface area contributed by atoms with Gasteiger partial charge in [0.15, 0.2) is 0 Å². The van der Waals surface area contributed by atoms with E-state index in [-0.39, 0.29) is 11.8 Å². The maximum Gasteiger partial charge on any atom is 0.267 e. The molecule has 0 aromatic heterocycles. The maximum absolute atomic E-state index is 13.1. The SMILES string of the molecule is CCCCCCCCCCN1C(=O)C(SCC)=C(c2ccccc2OC)C1=O. The lowest BCUT2D eigenvalue weighted by Crippen LogP contribution is -2.32. The summed E-state index contributed by atoms with van der Waals surface area (Å²) < 4.78 is 5.43. The number of thioether (sulfide) groups is 1. The average Bonchev–Trinajstić information content (AvgIpc) is 2.94. The Bertz CT molecular complexity index is 699. The maximum atomic E-state index is 13.1. The number of nitrogens with zero attached hydrogens (tertiary/aromatic N) is 1. The van der Waals surface area contributed by atoms with Crippen LogP contribution in [0.1, 0.15) is 70.8 Å². The van der Waals surface area contributed by atoms with E-state index in [0.29, 0.717) is 28.3 Å². The lowest BCUT2D eigenvalue weighted by Gasteiger charge is -2.15. The van der Waals surface area contributed by atoms with Gasteiger partial charge in [-0.15, -0.1) is 11.8 Å². The van der Waals surface area contributed by atoms with Crippen molar-refractivity contribution in [1.82, 2.24) is 4.90 Å². The Hall–Kier alpha value is -1.75. The molecule has 1 heterocycles. The van der Waals surface area contributed by atoms with Crippen LogP contribution in [0.15, 0.2) is 29.2 Å². The molecular weight excluding hydrogens is 370 g/mol. The van der Waals surface area contributed by atoms with E-state index in [1.165, 1.54) is 55.2 Å². The summed E-state index contributed by atoms with van der Waals surface area (Å²) in [5.41, 5.74) is 1.20. The molecular formula is C23H33NO3S. The van der Waals surface area contributed by atoms with Gasteiger partial charge in [0.05, 0.1) is 17.6 Å². The summed E-state index contributed by atoms with van der Waals surface area (Å²) in [6.07, 6.45) is 9.51. The van der Waals surface area contributed by atoms with Crippen LogP contribution in [0.25, 0.3) is 5.57 Å². The molecule has 1 aromatic rings. The zero-order valence-electron chi connectivity index (χ0n) is 17.5. The minimum Gasteiger partial charge on any atom is -0.496 e. The van der Waals surface area contributed by atoms with Crippen LogP contribution in [-0.2, 0) is 9.59 Å². The van der Waals surface area contributed by atoms with Crippen molar-refractivity contribution in [3.63, 3.8) is 0 Å². The number of rotatable bonds is 13. The zero-order chi connectivity index (χ0) is 20.4. The van der Waals surface area contributed by atoms with Gasteiger partial charge in [0.1, 0.15) is 5.75 Å². The molecule has 0 spiro atoms. The van der Waals surface area contributed by atoms with Crippen LogP contribution in [0.2, 0.25) is 0 Å². The van der Waals surface area contributed by atoms with Gasteiger partial charge >= 0.3 is 0 Å². The fraction of sp³-hybridized carbons (Fsp3) is 0.565. The Morgan fingerprint density at radius 1 is 0.893 bits per heavy atom. The molecule has 5 heteroatoms. The second kappa shape index (κ2) is 11.9. The highest BCUT2D eigenvalue weighted by atomic mass is 32.2. The number of amides is 2. The van der Waals surface area contributed by atoms with Crippen molar-refractivity contribution in [1.29, 1.82) is 0 Å². The number of methoxy groups -OCH3 is 1. The lowest BCUT2D eigenvalue weighted by molar-refractivity contribution is -0.136. The predicted molar refractivity (Wildman–Crippen MR) is 117 cm³/mol. The molecule has 0 radical (unpaired) electrons. The average molecular weight is 404 g/mol. The molecule has 1 aromatic carbocycles. The van der Waals surface area contributed by atoms with E-state index < -0.39 is 0 Å². The lowest BCUT2D eigenvalue weighted by atomic mass is 10.0. The Morgan fingerprint density at radius 3 is 2.18 bits per heavy atom. The summed E-state index contributed by atoms with van der Waals surface area (Å²) in [4.78, 5) is 28.0. The Morgan fingerprint density at radius 2 is 1.54 bits per heavy atom. The van der Waals surface area contributed by atoms with Gasteiger partial charge in [-0.2, -0.15) is 0 Å². The van der Waals surface area contributed by atoms with Crippen molar-refractivity contribution in [3.8, 4) is 5.75 Å². The van der Waals surface area contributed by atoms with Crippen molar-refractivity contribution in [3.05, 3.63) is 34.7 Å². The molecule has 0 N–H and O–H groups in total.